The van der Waals surface area contributed by atoms with Crippen LogP contribution in [-0.4, -0.2) is 45.0 Å². The molecule has 2 N–H and O–H groups in total. The number of rotatable bonds is 6. The molecule has 1 aliphatic heterocycles. The average Bonchev–Trinajstić information content (AvgIpc) is 3.25. The number of benzene rings is 2. The highest BCUT2D eigenvalue weighted by atomic mass is 19.1. The van der Waals surface area contributed by atoms with Crippen LogP contribution in [0.1, 0.15) is 44.6 Å². The molecule has 3 amide bonds. The van der Waals surface area contributed by atoms with Crippen molar-refractivity contribution in [3.63, 3.8) is 0 Å². The third-order valence-corrected chi connectivity index (χ3v) is 6.16. The molecule has 2 heterocycles. The van der Waals surface area contributed by atoms with Gasteiger partial charge in [0, 0.05) is 26.2 Å². The first-order valence-corrected chi connectivity index (χ1v) is 10.9. The van der Waals surface area contributed by atoms with E-state index in [1.54, 1.807) is 26.1 Å². The van der Waals surface area contributed by atoms with E-state index in [-0.39, 0.29) is 36.2 Å². The fraction of sp³-hybridized carbons (Fsp3) is 0.280. The Balaban J connectivity index is 1.46. The predicted octanol–water partition coefficient (Wildman–Crippen LogP) is 2.42. The van der Waals surface area contributed by atoms with Crippen molar-refractivity contribution in [3.05, 3.63) is 88.5 Å². The van der Waals surface area contributed by atoms with Crippen molar-refractivity contribution in [2.45, 2.75) is 39.0 Å². The van der Waals surface area contributed by atoms with Crippen LogP contribution in [0.4, 0.5) is 4.39 Å². The zero-order valence-corrected chi connectivity index (χ0v) is 19.3. The smallest absolute Gasteiger partial charge is 0.272 e. The van der Waals surface area contributed by atoms with Gasteiger partial charge in [0.05, 0.1) is 6.54 Å². The lowest BCUT2D eigenvalue weighted by Crippen LogP contribution is -2.62. The van der Waals surface area contributed by atoms with Crippen molar-refractivity contribution < 1.29 is 18.8 Å². The van der Waals surface area contributed by atoms with Gasteiger partial charge in [0.1, 0.15) is 17.1 Å². The topological polar surface area (TPSA) is 96.3 Å². The normalized spacial score (nSPS) is 17.3. The summed E-state index contributed by atoms with van der Waals surface area (Å²) in [5.41, 5.74) is 1.94. The van der Waals surface area contributed by atoms with Gasteiger partial charge in [-0.15, -0.1) is 0 Å². The van der Waals surface area contributed by atoms with Crippen molar-refractivity contribution in [2.24, 2.45) is 0 Å². The second kappa shape index (κ2) is 9.09. The summed E-state index contributed by atoms with van der Waals surface area (Å²) in [7, 11) is 1.57. The van der Waals surface area contributed by atoms with E-state index in [4.69, 9.17) is 0 Å². The number of carbonyl (C=O) groups excluding carboxylic acids is 3. The summed E-state index contributed by atoms with van der Waals surface area (Å²) in [5.74, 6) is -1.53. The number of halogens is 1. The maximum absolute atomic E-state index is 13.1. The first-order chi connectivity index (χ1) is 16.2. The van der Waals surface area contributed by atoms with Crippen LogP contribution in [0.25, 0.3) is 0 Å². The molecule has 0 saturated carbocycles. The number of nitrogens with one attached hydrogen (secondary N) is 2. The van der Waals surface area contributed by atoms with E-state index in [0.717, 1.165) is 16.7 Å². The maximum atomic E-state index is 13.1. The number of nitrogens with zero attached hydrogens (tertiary/aromatic N) is 3. The van der Waals surface area contributed by atoms with Crippen LogP contribution in [0, 0.1) is 12.7 Å². The molecule has 0 bridgehead atoms. The summed E-state index contributed by atoms with van der Waals surface area (Å²) >= 11 is 0. The Kier molecular flexibility index (Phi) is 6.19. The van der Waals surface area contributed by atoms with Gasteiger partial charge in [-0.25, -0.2) is 4.39 Å². The summed E-state index contributed by atoms with van der Waals surface area (Å²) < 4.78 is 14.5. The largest absolute Gasteiger partial charge is 0.350 e. The molecule has 4 rings (SSSR count). The van der Waals surface area contributed by atoms with Gasteiger partial charge < -0.3 is 15.5 Å². The van der Waals surface area contributed by atoms with Crippen LogP contribution in [0.5, 0.6) is 0 Å². The van der Waals surface area contributed by atoms with E-state index < -0.39 is 17.4 Å². The van der Waals surface area contributed by atoms with E-state index in [9.17, 15) is 18.8 Å². The minimum atomic E-state index is -1.18. The molecular weight excluding hydrogens is 437 g/mol. The molecule has 1 aromatic heterocycles. The van der Waals surface area contributed by atoms with Gasteiger partial charge in [0.25, 0.3) is 11.8 Å². The number of aryl methyl sites for hydroxylation is 1. The molecular formula is C25H26FN5O3. The quantitative estimate of drug-likeness (QED) is 0.587. The summed E-state index contributed by atoms with van der Waals surface area (Å²) in [6, 6.07) is 15.0. The first kappa shape index (κ1) is 23.2. The molecule has 8 nitrogen and oxygen atoms in total. The molecule has 1 atom stereocenters. The SMILES string of the molecule is Cc1ccc(CNC(=O)C2(C)Cn3nc(C(=O)NCc4ccc(F)cc4)cc3C(=O)N2C)cc1. The lowest BCUT2D eigenvalue weighted by atomic mass is 9.95. The summed E-state index contributed by atoms with van der Waals surface area (Å²) in [4.78, 5) is 40.1. The van der Waals surface area contributed by atoms with Crippen LogP contribution in [0.2, 0.25) is 0 Å². The molecule has 0 aliphatic carbocycles. The lowest BCUT2D eigenvalue weighted by Gasteiger charge is -2.40. The van der Waals surface area contributed by atoms with Crippen LogP contribution >= 0.6 is 0 Å². The highest BCUT2D eigenvalue weighted by molar-refractivity contribution is 6.01. The third-order valence-electron chi connectivity index (χ3n) is 6.16. The summed E-state index contributed by atoms with van der Waals surface area (Å²) in [5, 5.41) is 9.90. The highest BCUT2D eigenvalue weighted by Gasteiger charge is 2.46. The minimum absolute atomic E-state index is 0.0724. The third kappa shape index (κ3) is 4.54. The van der Waals surface area contributed by atoms with Crippen LogP contribution in [0.3, 0.4) is 0 Å². The molecule has 3 aromatic rings. The van der Waals surface area contributed by atoms with Gasteiger partial charge in [-0.05, 0) is 37.1 Å². The van der Waals surface area contributed by atoms with E-state index >= 15 is 0 Å². The maximum Gasteiger partial charge on any atom is 0.272 e. The molecule has 0 radical (unpaired) electrons. The fourth-order valence-corrected chi connectivity index (χ4v) is 3.79. The average molecular weight is 464 g/mol. The lowest BCUT2D eigenvalue weighted by molar-refractivity contribution is -0.132. The fourth-order valence-electron chi connectivity index (χ4n) is 3.79. The van der Waals surface area contributed by atoms with Gasteiger partial charge in [-0.1, -0.05) is 42.0 Å². The molecule has 1 unspecified atom stereocenters. The Morgan fingerprint density at radius 3 is 2.26 bits per heavy atom. The highest BCUT2D eigenvalue weighted by Crippen LogP contribution is 2.26. The molecule has 0 spiro atoms. The van der Waals surface area contributed by atoms with E-state index in [2.05, 4.69) is 15.7 Å². The van der Waals surface area contributed by atoms with Gasteiger partial charge in [0.15, 0.2) is 5.69 Å². The van der Waals surface area contributed by atoms with Crippen LogP contribution in [-0.2, 0) is 24.4 Å². The second-order valence-corrected chi connectivity index (χ2v) is 8.69. The van der Waals surface area contributed by atoms with Crippen molar-refractivity contribution >= 4 is 17.7 Å². The van der Waals surface area contributed by atoms with Crippen molar-refractivity contribution in [1.82, 2.24) is 25.3 Å². The number of fused-ring (bicyclic) bond motifs is 1. The molecule has 1 aliphatic rings. The Labute approximate surface area is 196 Å². The van der Waals surface area contributed by atoms with E-state index in [1.165, 1.54) is 27.8 Å². The molecule has 9 heteroatoms. The molecule has 0 fully saturated rings. The van der Waals surface area contributed by atoms with Gasteiger partial charge in [-0.2, -0.15) is 5.10 Å². The van der Waals surface area contributed by atoms with Crippen LogP contribution in [0.15, 0.2) is 54.6 Å². The number of carbonyl (C=O) groups is 3. The summed E-state index contributed by atoms with van der Waals surface area (Å²) in [6.07, 6.45) is 0. The monoisotopic (exact) mass is 463 g/mol. The second-order valence-electron chi connectivity index (χ2n) is 8.69. The standard InChI is InChI=1S/C25H26FN5O3/c1-16-4-6-17(7-5-16)14-28-24(34)25(2)15-31-21(23(33)30(25)3)12-20(29-31)22(32)27-13-18-8-10-19(26)11-9-18/h4-12H,13-15H2,1-3H3,(H,27,32)(H,28,34). The van der Waals surface area contributed by atoms with Crippen molar-refractivity contribution in [3.8, 4) is 0 Å². The number of hydrogen-bond donors (Lipinski definition) is 2. The molecule has 2 aromatic carbocycles. The summed E-state index contributed by atoms with van der Waals surface area (Å²) in [6.45, 7) is 4.29. The molecule has 0 saturated heterocycles. The number of aromatic nitrogens is 2. The zero-order valence-electron chi connectivity index (χ0n) is 19.3. The predicted molar refractivity (Wildman–Crippen MR) is 123 cm³/mol. The van der Waals surface area contributed by atoms with Gasteiger partial charge >= 0.3 is 0 Å². The minimum Gasteiger partial charge on any atom is -0.350 e. The Hall–Kier alpha value is -4.01. The molecule has 34 heavy (non-hydrogen) atoms. The van der Waals surface area contributed by atoms with Crippen LogP contribution < -0.4 is 10.6 Å². The zero-order chi connectivity index (χ0) is 24.5. The van der Waals surface area contributed by atoms with Crippen molar-refractivity contribution in [2.75, 3.05) is 7.05 Å². The van der Waals surface area contributed by atoms with E-state index in [0.29, 0.717) is 6.54 Å². The van der Waals surface area contributed by atoms with Gasteiger partial charge in [0.2, 0.25) is 5.91 Å². The van der Waals surface area contributed by atoms with Gasteiger partial charge in [-0.3, -0.25) is 19.1 Å². The molecule has 176 valence electrons. The first-order valence-electron chi connectivity index (χ1n) is 10.9. The Morgan fingerprint density at radius 2 is 1.62 bits per heavy atom. The number of hydrogen-bond acceptors (Lipinski definition) is 4. The number of likely N-dealkylation sites (N-methyl/N-ethyl adjacent to an activating group) is 1. The Morgan fingerprint density at radius 1 is 1.03 bits per heavy atom. The Bertz CT molecular complexity index is 1240. The van der Waals surface area contributed by atoms with E-state index in [1.807, 2.05) is 31.2 Å². The van der Waals surface area contributed by atoms with Crippen molar-refractivity contribution in [1.29, 1.82) is 0 Å². The number of amides is 3.